The van der Waals surface area contributed by atoms with Gasteiger partial charge in [0, 0.05) is 11.6 Å². The average molecular weight is 313 g/mol. The van der Waals surface area contributed by atoms with E-state index >= 15 is 0 Å². The molecule has 0 spiro atoms. The van der Waals surface area contributed by atoms with Gasteiger partial charge in [-0.15, -0.1) is 0 Å². The molecule has 0 saturated carbocycles. The quantitative estimate of drug-likeness (QED) is 0.774. The number of hydrogen-bond acceptors (Lipinski definition) is 3. The van der Waals surface area contributed by atoms with Crippen molar-refractivity contribution in [1.29, 1.82) is 0 Å². The second-order valence-corrected chi connectivity index (χ2v) is 7.32. The van der Waals surface area contributed by atoms with Gasteiger partial charge in [-0.05, 0) is 51.2 Å². The van der Waals surface area contributed by atoms with Crippen LogP contribution < -0.4 is 0 Å². The first-order chi connectivity index (χ1) is 10.9. The minimum atomic E-state index is -0.467. The van der Waals surface area contributed by atoms with Gasteiger partial charge in [0.05, 0.1) is 6.04 Å². The molecule has 2 unspecified atom stereocenters. The Morgan fingerprint density at radius 3 is 2.48 bits per heavy atom. The molecule has 0 radical (unpaired) electrons. The first kappa shape index (κ1) is 15.8. The van der Waals surface area contributed by atoms with Crippen molar-refractivity contribution >= 4 is 18.0 Å². The minimum Gasteiger partial charge on any atom is -0.444 e. The van der Waals surface area contributed by atoms with Crippen molar-refractivity contribution in [3.05, 3.63) is 41.5 Å². The molecule has 2 bridgehead atoms. The van der Waals surface area contributed by atoms with Crippen LogP contribution in [0.3, 0.4) is 0 Å². The average Bonchev–Trinajstić information content (AvgIpc) is 2.76. The standard InChI is InChI=1S/C19H23NO3/c1-19(2,3)23-18(22)20-16-8-9-17(20)11-15(10-16)14-6-4-13(12-21)5-7-14/h4-7,10,12,16-17H,8-9,11H2,1-3H3. The Morgan fingerprint density at radius 1 is 1.22 bits per heavy atom. The maximum absolute atomic E-state index is 12.4. The topological polar surface area (TPSA) is 46.6 Å². The lowest BCUT2D eigenvalue weighted by Gasteiger charge is -2.35. The number of aldehydes is 1. The van der Waals surface area contributed by atoms with Gasteiger partial charge >= 0.3 is 6.09 Å². The molecule has 2 aliphatic heterocycles. The third kappa shape index (κ3) is 3.31. The second-order valence-electron chi connectivity index (χ2n) is 7.32. The van der Waals surface area contributed by atoms with Crippen LogP contribution in [0.2, 0.25) is 0 Å². The van der Waals surface area contributed by atoms with Gasteiger partial charge in [-0.25, -0.2) is 4.79 Å². The van der Waals surface area contributed by atoms with Crippen LogP contribution in [0.15, 0.2) is 30.3 Å². The fraction of sp³-hybridized carbons (Fsp3) is 0.474. The van der Waals surface area contributed by atoms with Crippen LogP contribution in [0, 0.1) is 0 Å². The highest BCUT2D eigenvalue weighted by Gasteiger charge is 2.41. The summed E-state index contributed by atoms with van der Waals surface area (Å²) in [7, 11) is 0. The first-order valence-corrected chi connectivity index (χ1v) is 8.15. The van der Waals surface area contributed by atoms with Gasteiger partial charge in [0.25, 0.3) is 0 Å². The number of carbonyl (C=O) groups is 2. The maximum atomic E-state index is 12.4. The molecular weight excluding hydrogens is 290 g/mol. The van der Waals surface area contributed by atoms with Gasteiger partial charge in [0.2, 0.25) is 0 Å². The van der Waals surface area contributed by atoms with Gasteiger partial charge in [-0.1, -0.05) is 30.3 Å². The van der Waals surface area contributed by atoms with Gasteiger partial charge in [0.1, 0.15) is 11.9 Å². The van der Waals surface area contributed by atoms with Gasteiger partial charge in [-0.2, -0.15) is 0 Å². The van der Waals surface area contributed by atoms with E-state index in [1.54, 1.807) is 0 Å². The number of nitrogens with zero attached hydrogens (tertiary/aromatic N) is 1. The van der Waals surface area contributed by atoms with Crippen LogP contribution in [0.5, 0.6) is 0 Å². The van der Waals surface area contributed by atoms with Crippen LogP contribution in [0.25, 0.3) is 5.57 Å². The smallest absolute Gasteiger partial charge is 0.411 e. The lowest BCUT2D eigenvalue weighted by atomic mass is 9.94. The number of amides is 1. The van der Waals surface area contributed by atoms with Crippen LogP contribution in [-0.4, -0.2) is 35.0 Å². The summed E-state index contributed by atoms with van der Waals surface area (Å²) in [5.74, 6) is 0. The highest BCUT2D eigenvalue weighted by molar-refractivity contribution is 5.78. The zero-order valence-corrected chi connectivity index (χ0v) is 13.9. The number of benzene rings is 1. The Kier molecular flexibility index (Phi) is 4.00. The summed E-state index contributed by atoms with van der Waals surface area (Å²) < 4.78 is 5.55. The van der Waals surface area contributed by atoms with Crippen molar-refractivity contribution in [2.75, 3.05) is 0 Å². The van der Waals surface area contributed by atoms with Gasteiger partial charge < -0.3 is 4.74 Å². The summed E-state index contributed by atoms with van der Waals surface area (Å²) in [4.78, 5) is 25.1. The van der Waals surface area contributed by atoms with Crippen LogP contribution in [0.1, 0.15) is 56.0 Å². The molecule has 2 heterocycles. The van der Waals surface area contributed by atoms with Crippen molar-refractivity contribution in [3.63, 3.8) is 0 Å². The van der Waals surface area contributed by atoms with Crippen molar-refractivity contribution in [2.24, 2.45) is 0 Å². The predicted octanol–water partition coefficient (Wildman–Crippen LogP) is 4.05. The highest BCUT2D eigenvalue weighted by atomic mass is 16.6. The van der Waals surface area contributed by atoms with E-state index in [9.17, 15) is 9.59 Å². The van der Waals surface area contributed by atoms with Crippen molar-refractivity contribution in [2.45, 2.75) is 57.7 Å². The first-order valence-electron chi connectivity index (χ1n) is 8.15. The Labute approximate surface area is 137 Å². The normalized spacial score (nSPS) is 23.4. The predicted molar refractivity (Wildman–Crippen MR) is 89.3 cm³/mol. The van der Waals surface area contributed by atoms with E-state index in [4.69, 9.17) is 4.74 Å². The number of fused-ring (bicyclic) bond motifs is 2. The van der Waals surface area contributed by atoms with E-state index in [1.807, 2.05) is 49.9 Å². The third-order valence-electron chi connectivity index (χ3n) is 4.42. The Hall–Kier alpha value is -2.10. The van der Waals surface area contributed by atoms with Crippen molar-refractivity contribution in [3.8, 4) is 0 Å². The highest BCUT2D eigenvalue weighted by Crippen LogP contribution is 2.39. The van der Waals surface area contributed by atoms with E-state index in [0.29, 0.717) is 5.56 Å². The summed E-state index contributed by atoms with van der Waals surface area (Å²) in [6.07, 6.45) is 5.67. The van der Waals surface area contributed by atoms with Gasteiger partial charge in [0.15, 0.2) is 0 Å². The van der Waals surface area contributed by atoms with E-state index in [-0.39, 0.29) is 18.2 Å². The summed E-state index contributed by atoms with van der Waals surface area (Å²) in [5, 5.41) is 0. The number of hydrogen-bond donors (Lipinski definition) is 0. The monoisotopic (exact) mass is 313 g/mol. The molecule has 1 fully saturated rings. The van der Waals surface area contributed by atoms with E-state index in [1.165, 1.54) is 5.57 Å². The number of ether oxygens (including phenoxy) is 1. The Morgan fingerprint density at radius 2 is 1.91 bits per heavy atom. The zero-order valence-electron chi connectivity index (χ0n) is 13.9. The summed E-state index contributed by atoms with van der Waals surface area (Å²) in [6, 6.07) is 7.97. The molecule has 0 aromatic heterocycles. The molecule has 0 aliphatic carbocycles. The largest absolute Gasteiger partial charge is 0.444 e. The van der Waals surface area contributed by atoms with E-state index in [0.717, 1.165) is 31.1 Å². The third-order valence-corrected chi connectivity index (χ3v) is 4.42. The molecule has 2 atom stereocenters. The van der Waals surface area contributed by atoms with Crippen LogP contribution in [-0.2, 0) is 4.74 Å². The Bertz CT molecular complexity index is 640. The lowest BCUT2D eigenvalue weighted by Crippen LogP contribution is -2.45. The molecule has 1 aromatic carbocycles. The molecule has 1 aromatic rings. The summed E-state index contributed by atoms with van der Waals surface area (Å²) in [6.45, 7) is 5.69. The molecule has 2 aliphatic rings. The van der Waals surface area contributed by atoms with Crippen LogP contribution >= 0.6 is 0 Å². The number of rotatable bonds is 2. The fourth-order valence-electron chi connectivity index (χ4n) is 3.42. The second kappa shape index (κ2) is 5.84. The molecule has 1 saturated heterocycles. The van der Waals surface area contributed by atoms with Crippen molar-refractivity contribution < 1.29 is 14.3 Å². The molecule has 122 valence electrons. The fourth-order valence-corrected chi connectivity index (χ4v) is 3.42. The maximum Gasteiger partial charge on any atom is 0.411 e. The minimum absolute atomic E-state index is 0.115. The Balaban J connectivity index is 1.79. The summed E-state index contributed by atoms with van der Waals surface area (Å²) >= 11 is 0. The van der Waals surface area contributed by atoms with E-state index < -0.39 is 5.60 Å². The molecule has 4 heteroatoms. The zero-order chi connectivity index (χ0) is 16.6. The molecule has 1 amide bonds. The van der Waals surface area contributed by atoms with Crippen molar-refractivity contribution in [1.82, 2.24) is 4.90 Å². The molecule has 3 rings (SSSR count). The summed E-state index contributed by atoms with van der Waals surface area (Å²) in [5.41, 5.74) is 2.61. The molecule has 4 nitrogen and oxygen atoms in total. The van der Waals surface area contributed by atoms with Gasteiger partial charge in [-0.3, -0.25) is 9.69 Å². The molecule has 23 heavy (non-hydrogen) atoms. The van der Waals surface area contributed by atoms with E-state index in [2.05, 4.69) is 6.08 Å². The lowest BCUT2D eigenvalue weighted by molar-refractivity contribution is 0.0175. The molecular formula is C19H23NO3. The molecule has 0 N–H and O–H groups in total. The SMILES string of the molecule is CC(C)(C)OC(=O)N1C2C=C(c3ccc(C=O)cc3)CC1CC2. The van der Waals surface area contributed by atoms with Crippen LogP contribution in [0.4, 0.5) is 4.79 Å². The number of carbonyl (C=O) groups excluding carboxylic acids is 2.